The molecule has 0 saturated heterocycles. The maximum Gasteiger partial charge on any atom is 0.174 e. The molecule has 88 valence electrons. The maximum absolute atomic E-state index is 7.73. The highest BCUT2D eigenvalue weighted by Crippen LogP contribution is 2.04. The minimum Gasteiger partial charge on any atom is -0.281 e. The molecule has 2 rings (SSSR count). The van der Waals surface area contributed by atoms with Crippen LogP contribution < -0.4 is 0 Å². The first-order valence-electron chi connectivity index (χ1n) is 5.47. The number of hydrogen-bond donors (Lipinski definition) is 2. The Morgan fingerprint density at radius 2 is 0.944 bits per heavy atom. The van der Waals surface area contributed by atoms with Gasteiger partial charge in [0.25, 0.3) is 0 Å². The molecule has 4 heteroatoms. The molecule has 0 bridgehead atoms. The first-order chi connectivity index (χ1) is 8.77. The van der Waals surface area contributed by atoms with Gasteiger partial charge in [0.15, 0.2) is 11.7 Å². The number of benzene rings is 2. The van der Waals surface area contributed by atoms with E-state index >= 15 is 0 Å². The van der Waals surface area contributed by atoms with Crippen molar-refractivity contribution in [1.29, 1.82) is 10.8 Å². The van der Waals surface area contributed by atoms with E-state index in [1.54, 1.807) is 24.3 Å². The highest BCUT2D eigenvalue weighted by Gasteiger charge is 2.00. The van der Waals surface area contributed by atoms with Crippen molar-refractivity contribution in [1.82, 2.24) is 0 Å². The van der Waals surface area contributed by atoms with Crippen LogP contribution in [0.1, 0.15) is 11.1 Å². The van der Waals surface area contributed by atoms with Crippen LogP contribution in [0.2, 0.25) is 0 Å². The van der Waals surface area contributed by atoms with Gasteiger partial charge in [-0.1, -0.05) is 60.7 Å². The van der Waals surface area contributed by atoms with Crippen LogP contribution in [0.25, 0.3) is 0 Å². The molecular weight excluding hydrogens is 224 g/mol. The fourth-order valence-electron chi connectivity index (χ4n) is 1.41. The molecule has 2 N–H and O–H groups in total. The molecule has 0 aromatic heterocycles. The molecule has 0 radical (unpaired) electrons. The van der Waals surface area contributed by atoms with Crippen LogP contribution in [0.3, 0.4) is 0 Å². The zero-order valence-electron chi connectivity index (χ0n) is 9.67. The summed E-state index contributed by atoms with van der Waals surface area (Å²) in [5.74, 6) is 0.104. The molecule has 0 heterocycles. The van der Waals surface area contributed by atoms with Gasteiger partial charge in [-0.3, -0.25) is 10.8 Å². The molecule has 0 fully saturated rings. The zero-order chi connectivity index (χ0) is 12.8. The monoisotopic (exact) mass is 236 g/mol. The Hall–Kier alpha value is -2.62. The topological polar surface area (TPSA) is 72.4 Å². The summed E-state index contributed by atoms with van der Waals surface area (Å²) >= 11 is 0. The van der Waals surface area contributed by atoms with Gasteiger partial charge < -0.3 is 0 Å². The van der Waals surface area contributed by atoms with Crippen LogP contribution in [0, 0.1) is 10.8 Å². The summed E-state index contributed by atoms with van der Waals surface area (Å²) in [4.78, 5) is 0. The fraction of sp³-hybridized carbons (Fsp3) is 0. The van der Waals surface area contributed by atoms with Crippen LogP contribution in [0.15, 0.2) is 70.9 Å². The minimum absolute atomic E-state index is 0.0521. The minimum atomic E-state index is 0.0521. The third-order valence-electron chi connectivity index (χ3n) is 2.34. The molecular formula is C14H12N4. The van der Waals surface area contributed by atoms with Gasteiger partial charge in [-0.05, 0) is 0 Å². The molecule has 0 aliphatic rings. The van der Waals surface area contributed by atoms with E-state index in [1.165, 1.54) is 0 Å². The summed E-state index contributed by atoms with van der Waals surface area (Å²) in [5, 5.41) is 23.0. The van der Waals surface area contributed by atoms with Crippen LogP contribution in [0.4, 0.5) is 0 Å². The molecule has 2 aromatic rings. The first kappa shape index (κ1) is 11.9. The zero-order valence-corrected chi connectivity index (χ0v) is 9.67. The molecule has 0 unspecified atom stereocenters. The molecule has 0 saturated carbocycles. The van der Waals surface area contributed by atoms with Crippen molar-refractivity contribution in [2.24, 2.45) is 10.2 Å². The normalized spacial score (nSPS) is 10.4. The van der Waals surface area contributed by atoms with E-state index in [4.69, 9.17) is 10.8 Å². The Labute approximate surface area is 105 Å². The average Bonchev–Trinajstić information content (AvgIpc) is 2.46. The largest absolute Gasteiger partial charge is 0.281 e. The Morgan fingerprint density at radius 3 is 1.28 bits per heavy atom. The van der Waals surface area contributed by atoms with E-state index in [9.17, 15) is 0 Å². The second-order valence-electron chi connectivity index (χ2n) is 3.63. The lowest BCUT2D eigenvalue weighted by molar-refractivity contribution is 1.25. The van der Waals surface area contributed by atoms with Crippen LogP contribution >= 0.6 is 0 Å². The maximum atomic E-state index is 7.73. The van der Waals surface area contributed by atoms with Crippen LogP contribution in [0.5, 0.6) is 0 Å². The van der Waals surface area contributed by atoms with Gasteiger partial charge in [-0.2, -0.15) is 0 Å². The smallest absolute Gasteiger partial charge is 0.174 e. The number of hydrogen-bond acceptors (Lipinski definition) is 2. The Bertz CT molecular complexity index is 520. The van der Waals surface area contributed by atoms with Crippen LogP contribution in [-0.2, 0) is 0 Å². The van der Waals surface area contributed by atoms with Gasteiger partial charge in [0.05, 0.1) is 0 Å². The van der Waals surface area contributed by atoms with Crippen molar-refractivity contribution in [3.63, 3.8) is 0 Å². The van der Waals surface area contributed by atoms with Gasteiger partial charge in [-0.25, -0.2) is 0 Å². The van der Waals surface area contributed by atoms with E-state index in [-0.39, 0.29) is 11.7 Å². The van der Waals surface area contributed by atoms with Crippen molar-refractivity contribution in [3.8, 4) is 0 Å². The predicted molar refractivity (Wildman–Crippen MR) is 71.4 cm³/mol. The quantitative estimate of drug-likeness (QED) is 0.455. The molecule has 0 atom stereocenters. The number of azo groups is 1. The summed E-state index contributed by atoms with van der Waals surface area (Å²) in [6.45, 7) is 0. The number of amidine groups is 2. The fourth-order valence-corrected chi connectivity index (χ4v) is 1.41. The van der Waals surface area contributed by atoms with Crippen molar-refractivity contribution >= 4 is 11.7 Å². The SMILES string of the molecule is N=C(/N=N/C(=N)c1ccccc1)c1ccccc1. The van der Waals surface area contributed by atoms with E-state index in [2.05, 4.69) is 10.2 Å². The third kappa shape index (κ3) is 2.95. The molecule has 0 aliphatic heterocycles. The van der Waals surface area contributed by atoms with Gasteiger partial charge in [0.2, 0.25) is 0 Å². The molecule has 0 aliphatic carbocycles. The highest BCUT2D eigenvalue weighted by molar-refractivity contribution is 6.00. The lowest BCUT2D eigenvalue weighted by Gasteiger charge is -1.97. The summed E-state index contributed by atoms with van der Waals surface area (Å²) in [5.41, 5.74) is 1.37. The molecule has 4 nitrogen and oxygen atoms in total. The van der Waals surface area contributed by atoms with Gasteiger partial charge in [-0.15, -0.1) is 10.2 Å². The van der Waals surface area contributed by atoms with Crippen LogP contribution in [-0.4, -0.2) is 11.7 Å². The Balaban J connectivity index is 2.08. The lowest BCUT2D eigenvalue weighted by atomic mass is 10.2. The van der Waals surface area contributed by atoms with Crippen molar-refractivity contribution in [3.05, 3.63) is 71.8 Å². The summed E-state index contributed by atoms with van der Waals surface area (Å²) in [7, 11) is 0. The van der Waals surface area contributed by atoms with Gasteiger partial charge in [0.1, 0.15) is 0 Å². The Kier molecular flexibility index (Phi) is 3.71. The molecule has 0 spiro atoms. The molecule has 2 aromatic carbocycles. The summed E-state index contributed by atoms with van der Waals surface area (Å²) in [6.07, 6.45) is 0. The van der Waals surface area contributed by atoms with E-state index in [1.807, 2.05) is 36.4 Å². The van der Waals surface area contributed by atoms with E-state index in [0.29, 0.717) is 11.1 Å². The second kappa shape index (κ2) is 5.63. The van der Waals surface area contributed by atoms with Crippen molar-refractivity contribution < 1.29 is 0 Å². The number of nitrogens with zero attached hydrogens (tertiary/aromatic N) is 2. The summed E-state index contributed by atoms with van der Waals surface area (Å²) in [6, 6.07) is 18.2. The predicted octanol–water partition coefficient (Wildman–Crippen LogP) is 3.49. The number of rotatable bonds is 2. The summed E-state index contributed by atoms with van der Waals surface area (Å²) < 4.78 is 0. The van der Waals surface area contributed by atoms with E-state index in [0.717, 1.165) is 0 Å². The van der Waals surface area contributed by atoms with Crippen molar-refractivity contribution in [2.75, 3.05) is 0 Å². The second-order valence-corrected chi connectivity index (χ2v) is 3.63. The van der Waals surface area contributed by atoms with Crippen molar-refractivity contribution in [2.45, 2.75) is 0 Å². The Morgan fingerprint density at radius 1 is 0.611 bits per heavy atom. The van der Waals surface area contributed by atoms with Gasteiger partial charge >= 0.3 is 0 Å². The first-order valence-corrected chi connectivity index (χ1v) is 5.47. The average molecular weight is 236 g/mol. The van der Waals surface area contributed by atoms with E-state index < -0.39 is 0 Å². The lowest BCUT2D eigenvalue weighted by Crippen LogP contribution is -1.97. The molecule has 0 amide bonds. The third-order valence-corrected chi connectivity index (χ3v) is 2.34. The highest BCUT2D eigenvalue weighted by atomic mass is 15.1. The standard InChI is InChI=1S/C14H12N4/c15-13(11-7-3-1-4-8-11)17-18-14(16)12-9-5-2-6-10-12/h1-10,15-16H/b15-13?,16-14?,18-17+. The molecule has 18 heavy (non-hydrogen) atoms. The number of nitrogens with one attached hydrogen (secondary N) is 2. The van der Waals surface area contributed by atoms with Gasteiger partial charge in [0, 0.05) is 11.1 Å².